The number of benzene rings is 4. The Balaban J connectivity index is 1.35. The molecule has 2 heteroatoms. The van der Waals surface area contributed by atoms with Gasteiger partial charge in [-0.15, -0.1) is 0 Å². The molecule has 1 aliphatic carbocycles. The highest BCUT2D eigenvalue weighted by molar-refractivity contribution is 5.86. The van der Waals surface area contributed by atoms with Crippen molar-refractivity contribution < 1.29 is 9.47 Å². The average molecular weight is 631 g/mol. The molecule has 0 aromatic heterocycles. The molecule has 0 saturated heterocycles. The molecule has 47 heavy (non-hydrogen) atoms. The van der Waals surface area contributed by atoms with Crippen LogP contribution in [-0.2, 0) is 5.41 Å². The smallest absolute Gasteiger partial charge is 0.119 e. The number of fused-ring (bicyclic) bond motifs is 3. The van der Waals surface area contributed by atoms with Gasteiger partial charge in [0.2, 0.25) is 0 Å². The van der Waals surface area contributed by atoms with Gasteiger partial charge in [0.15, 0.2) is 0 Å². The summed E-state index contributed by atoms with van der Waals surface area (Å²) in [5.74, 6) is 4.84. The fourth-order valence-electron chi connectivity index (χ4n) is 7.42. The zero-order valence-electron chi connectivity index (χ0n) is 29.9. The number of hydrogen-bond acceptors (Lipinski definition) is 2. The van der Waals surface area contributed by atoms with Crippen LogP contribution in [-0.4, -0.2) is 13.2 Å². The quantitative estimate of drug-likeness (QED) is 0.0959. The Labute approximate surface area is 285 Å². The minimum Gasteiger partial charge on any atom is -0.494 e. The van der Waals surface area contributed by atoms with Crippen LogP contribution in [0.1, 0.15) is 115 Å². The van der Waals surface area contributed by atoms with Crippen molar-refractivity contribution in [3.8, 4) is 22.6 Å². The molecule has 5 rings (SSSR count). The molecule has 0 heterocycles. The number of hydrogen-bond donors (Lipinski definition) is 0. The van der Waals surface area contributed by atoms with Crippen molar-refractivity contribution in [2.24, 2.45) is 23.7 Å². The Bertz CT molecular complexity index is 1400. The molecule has 4 aromatic carbocycles. The van der Waals surface area contributed by atoms with E-state index in [0.717, 1.165) is 49.4 Å². The molecule has 2 unspecified atom stereocenters. The van der Waals surface area contributed by atoms with Crippen LogP contribution in [0.3, 0.4) is 0 Å². The summed E-state index contributed by atoms with van der Waals surface area (Å²) < 4.78 is 12.6. The van der Waals surface area contributed by atoms with Crippen LogP contribution in [0.2, 0.25) is 0 Å². The van der Waals surface area contributed by atoms with Gasteiger partial charge in [0, 0.05) is 0 Å². The predicted octanol–water partition coefficient (Wildman–Crippen LogP) is 12.5. The van der Waals surface area contributed by atoms with Gasteiger partial charge in [-0.1, -0.05) is 153 Å². The fraction of sp³-hybridized carbons (Fsp3) is 0.467. The normalized spacial score (nSPS) is 14.6. The highest BCUT2D eigenvalue weighted by Gasteiger charge is 2.45. The first-order chi connectivity index (χ1) is 22.8. The van der Waals surface area contributed by atoms with Crippen molar-refractivity contribution in [1.82, 2.24) is 0 Å². The molecule has 4 aromatic rings. The Morgan fingerprint density at radius 2 is 0.830 bits per heavy atom. The Hall–Kier alpha value is -3.52. The van der Waals surface area contributed by atoms with Gasteiger partial charge in [-0.05, 0) is 94.2 Å². The van der Waals surface area contributed by atoms with Crippen LogP contribution >= 0.6 is 0 Å². The highest BCUT2D eigenvalue weighted by atomic mass is 16.5. The summed E-state index contributed by atoms with van der Waals surface area (Å²) in [6.07, 6.45) is 9.99. The molecule has 0 amide bonds. The van der Waals surface area contributed by atoms with Gasteiger partial charge < -0.3 is 9.47 Å². The molecule has 250 valence electrons. The van der Waals surface area contributed by atoms with E-state index in [2.05, 4.69) is 139 Å². The van der Waals surface area contributed by atoms with Gasteiger partial charge in [0.1, 0.15) is 11.5 Å². The van der Waals surface area contributed by atoms with E-state index in [-0.39, 0.29) is 0 Å². The number of rotatable bonds is 18. The van der Waals surface area contributed by atoms with Crippen molar-refractivity contribution >= 4 is 0 Å². The maximum absolute atomic E-state index is 6.28. The largest absolute Gasteiger partial charge is 0.494 e. The molecule has 0 fully saturated rings. The molecule has 1 aliphatic rings. The second-order valence-corrected chi connectivity index (χ2v) is 15.0. The molecule has 0 saturated carbocycles. The van der Waals surface area contributed by atoms with Crippen LogP contribution in [0.5, 0.6) is 11.5 Å². The van der Waals surface area contributed by atoms with E-state index in [1.54, 1.807) is 0 Å². The van der Waals surface area contributed by atoms with Gasteiger partial charge in [-0.25, -0.2) is 0 Å². The number of ether oxygens (including phenoxy) is 2. The van der Waals surface area contributed by atoms with E-state index in [9.17, 15) is 0 Å². The lowest BCUT2D eigenvalue weighted by atomic mass is 9.68. The van der Waals surface area contributed by atoms with Gasteiger partial charge >= 0.3 is 0 Å². The van der Waals surface area contributed by atoms with Gasteiger partial charge in [-0.2, -0.15) is 0 Å². The third kappa shape index (κ3) is 8.50. The summed E-state index contributed by atoms with van der Waals surface area (Å²) >= 11 is 0. The first-order valence-corrected chi connectivity index (χ1v) is 18.4. The first-order valence-electron chi connectivity index (χ1n) is 18.4. The van der Waals surface area contributed by atoms with Crippen molar-refractivity contribution in [2.75, 3.05) is 13.2 Å². The van der Waals surface area contributed by atoms with Crippen LogP contribution in [0, 0.1) is 23.7 Å². The predicted molar refractivity (Wildman–Crippen MR) is 200 cm³/mol. The third-order valence-corrected chi connectivity index (χ3v) is 10.2. The fourth-order valence-corrected chi connectivity index (χ4v) is 7.42. The summed E-state index contributed by atoms with van der Waals surface area (Å²) in [6, 6.07) is 35.7. The minimum atomic E-state index is -0.417. The monoisotopic (exact) mass is 630 g/mol. The van der Waals surface area contributed by atoms with E-state index in [4.69, 9.17) is 9.47 Å². The van der Waals surface area contributed by atoms with E-state index in [1.807, 2.05) is 0 Å². The zero-order valence-corrected chi connectivity index (χ0v) is 29.9. The SMILES string of the molecule is CC(C)CCCC(C)CCOc1ccc(C2(c3ccc(OCCC(C)CCCC(C)C)cc3)c3ccccc3-c3ccccc32)cc1. The molecule has 0 spiro atoms. The van der Waals surface area contributed by atoms with Crippen molar-refractivity contribution in [3.05, 3.63) is 119 Å². The first kappa shape index (κ1) is 34.8. The molecule has 0 radical (unpaired) electrons. The molecule has 0 N–H and O–H groups in total. The van der Waals surface area contributed by atoms with Crippen LogP contribution in [0.4, 0.5) is 0 Å². The Morgan fingerprint density at radius 3 is 1.21 bits per heavy atom. The lowest BCUT2D eigenvalue weighted by Gasteiger charge is -2.34. The maximum Gasteiger partial charge on any atom is 0.119 e. The van der Waals surface area contributed by atoms with E-state index >= 15 is 0 Å². The summed E-state index contributed by atoms with van der Waals surface area (Å²) in [7, 11) is 0. The van der Waals surface area contributed by atoms with E-state index < -0.39 is 5.41 Å². The Kier molecular flexibility index (Phi) is 12.2. The summed E-state index contributed by atoms with van der Waals surface area (Å²) in [6.45, 7) is 15.5. The molecule has 2 nitrogen and oxygen atoms in total. The van der Waals surface area contributed by atoms with E-state index in [0.29, 0.717) is 11.8 Å². The second-order valence-electron chi connectivity index (χ2n) is 15.0. The zero-order chi connectivity index (χ0) is 33.2. The third-order valence-electron chi connectivity index (χ3n) is 10.2. The van der Waals surface area contributed by atoms with E-state index in [1.165, 1.54) is 71.9 Å². The van der Waals surface area contributed by atoms with Gasteiger partial charge in [0.25, 0.3) is 0 Å². The lowest BCUT2D eigenvalue weighted by molar-refractivity contribution is 0.275. The highest BCUT2D eigenvalue weighted by Crippen LogP contribution is 2.56. The Morgan fingerprint density at radius 1 is 0.447 bits per heavy atom. The molecule has 0 bridgehead atoms. The average Bonchev–Trinajstić information content (AvgIpc) is 3.36. The molecular formula is C45H58O2. The maximum atomic E-state index is 6.28. The summed E-state index contributed by atoms with van der Waals surface area (Å²) in [4.78, 5) is 0. The molecule has 2 atom stereocenters. The minimum absolute atomic E-state index is 0.417. The van der Waals surface area contributed by atoms with Crippen LogP contribution < -0.4 is 9.47 Å². The van der Waals surface area contributed by atoms with Crippen molar-refractivity contribution in [3.63, 3.8) is 0 Å². The van der Waals surface area contributed by atoms with Gasteiger partial charge in [-0.3, -0.25) is 0 Å². The van der Waals surface area contributed by atoms with Crippen molar-refractivity contribution in [2.45, 2.75) is 98.3 Å². The van der Waals surface area contributed by atoms with Crippen LogP contribution in [0.25, 0.3) is 11.1 Å². The molecular weight excluding hydrogens is 572 g/mol. The topological polar surface area (TPSA) is 18.5 Å². The second kappa shape index (κ2) is 16.5. The summed E-state index contributed by atoms with van der Waals surface area (Å²) in [5.41, 5.74) is 7.37. The standard InChI is InChI=1S/C45H58O2/c1-33(2)13-11-15-35(5)29-31-46-39-25-21-37(22-26-39)45(43-19-9-7-17-41(43)42-18-8-10-20-44(42)45)38-23-27-40(28-24-38)47-32-30-36(6)16-12-14-34(3)4/h7-10,17-28,33-36H,11-16,29-32H2,1-6H3. The summed E-state index contributed by atoms with van der Waals surface area (Å²) in [5, 5.41) is 0. The van der Waals surface area contributed by atoms with Gasteiger partial charge in [0.05, 0.1) is 18.6 Å². The molecule has 0 aliphatic heterocycles. The lowest BCUT2D eigenvalue weighted by Crippen LogP contribution is -2.28. The van der Waals surface area contributed by atoms with Crippen molar-refractivity contribution in [1.29, 1.82) is 0 Å². The van der Waals surface area contributed by atoms with Crippen LogP contribution in [0.15, 0.2) is 97.1 Å².